The zero-order valence-electron chi connectivity index (χ0n) is 13.4. The molecule has 1 amide bonds. The monoisotopic (exact) mass is 325 g/mol. The minimum absolute atomic E-state index is 0.227. The van der Waals surface area contributed by atoms with Crippen LogP contribution < -0.4 is 4.90 Å². The molecular formula is C19H19NO4. The molecule has 5 nitrogen and oxygen atoms in total. The van der Waals surface area contributed by atoms with Crippen molar-refractivity contribution in [1.29, 1.82) is 0 Å². The molecule has 0 bridgehead atoms. The molecule has 1 fully saturated rings. The number of para-hydroxylation sites is 1. The molecule has 1 aliphatic rings. The SMILES string of the molecule is CCOC(=O)[C@H]1[C@H](OCc2ccccc2)C(=O)N1c1ccccc1. The minimum Gasteiger partial charge on any atom is -0.464 e. The summed E-state index contributed by atoms with van der Waals surface area (Å²) in [7, 11) is 0. The van der Waals surface area contributed by atoms with Crippen molar-refractivity contribution in [2.24, 2.45) is 0 Å². The van der Waals surface area contributed by atoms with Gasteiger partial charge in [-0.2, -0.15) is 0 Å². The molecule has 2 aromatic carbocycles. The number of hydrogen-bond donors (Lipinski definition) is 0. The van der Waals surface area contributed by atoms with Crippen LogP contribution in [0.3, 0.4) is 0 Å². The summed E-state index contributed by atoms with van der Waals surface area (Å²) < 4.78 is 10.8. The van der Waals surface area contributed by atoms with Crippen LogP contribution in [0.15, 0.2) is 60.7 Å². The molecule has 0 spiro atoms. The maximum Gasteiger partial charge on any atom is 0.332 e. The molecule has 24 heavy (non-hydrogen) atoms. The first-order valence-electron chi connectivity index (χ1n) is 7.92. The summed E-state index contributed by atoms with van der Waals surface area (Å²) in [6.45, 7) is 2.28. The highest BCUT2D eigenvalue weighted by molar-refractivity contribution is 6.12. The number of anilines is 1. The Labute approximate surface area is 140 Å². The van der Waals surface area contributed by atoms with Gasteiger partial charge in [0, 0.05) is 5.69 Å². The van der Waals surface area contributed by atoms with Gasteiger partial charge in [-0.15, -0.1) is 0 Å². The zero-order valence-corrected chi connectivity index (χ0v) is 13.4. The van der Waals surface area contributed by atoms with Crippen LogP contribution >= 0.6 is 0 Å². The van der Waals surface area contributed by atoms with Crippen LogP contribution in [-0.4, -0.2) is 30.6 Å². The average molecular weight is 325 g/mol. The molecule has 124 valence electrons. The lowest BCUT2D eigenvalue weighted by molar-refractivity contribution is -0.162. The molecule has 0 unspecified atom stereocenters. The van der Waals surface area contributed by atoms with Gasteiger partial charge in [-0.3, -0.25) is 9.69 Å². The van der Waals surface area contributed by atoms with Gasteiger partial charge in [-0.05, 0) is 24.6 Å². The van der Waals surface area contributed by atoms with Crippen molar-refractivity contribution in [3.05, 3.63) is 66.2 Å². The third kappa shape index (κ3) is 3.16. The lowest BCUT2D eigenvalue weighted by Crippen LogP contribution is -2.69. The fourth-order valence-electron chi connectivity index (χ4n) is 2.72. The highest BCUT2D eigenvalue weighted by Gasteiger charge is 2.54. The molecule has 0 saturated carbocycles. The number of esters is 1. The number of benzene rings is 2. The Kier molecular flexibility index (Phi) is 4.91. The number of ether oxygens (including phenoxy) is 2. The van der Waals surface area contributed by atoms with E-state index in [0.717, 1.165) is 5.56 Å². The van der Waals surface area contributed by atoms with E-state index in [9.17, 15) is 9.59 Å². The number of nitrogens with zero attached hydrogens (tertiary/aromatic N) is 1. The number of rotatable bonds is 6. The topological polar surface area (TPSA) is 55.8 Å². The van der Waals surface area contributed by atoms with E-state index in [2.05, 4.69) is 0 Å². The Bertz CT molecular complexity index is 702. The molecule has 1 heterocycles. The van der Waals surface area contributed by atoms with E-state index in [4.69, 9.17) is 9.47 Å². The predicted molar refractivity (Wildman–Crippen MR) is 89.4 cm³/mol. The van der Waals surface area contributed by atoms with Gasteiger partial charge in [0.05, 0.1) is 13.2 Å². The Morgan fingerprint density at radius 2 is 1.67 bits per heavy atom. The largest absolute Gasteiger partial charge is 0.464 e. The normalized spacial score (nSPS) is 19.7. The summed E-state index contributed by atoms with van der Waals surface area (Å²) in [6.07, 6.45) is -0.815. The number of carbonyl (C=O) groups is 2. The fourth-order valence-corrected chi connectivity index (χ4v) is 2.72. The van der Waals surface area contributed by atoms with Crippen LogP contribution in [0, 0.1) is 0 Å². The van der Waals surface area contributed by atoms with Crippen molar-refractivity contribution in [2.45, 2.75) is 25.7 Å². The molecule has 0 radical (unpaired) electrons. The van der Waals surface area contributed by atoms with Gasteiger partial charge in [0.25, 0.3) is 5.91 Å². The molecular weight excluding hydrogens is 306 g/mol. The van der Waals surface area contributed by atoms with Gasteiger partial charge in [-0.1, -0.05) is 48.5 Å². The maximum absolute atomic E-state index is 12.5. The smallest absolute Gasteiger partial charge is 0.332 e. The first-order valence-corrected chi connectivity index (χ1v) is 7.92. The van der Waals surface area contributed by atoms with Crippen molar-refractivity contribution >= 4 is 17.6 Å². The molecule has 2 atom stereocenters. The van der Waals surface area contributed by atoms with Gasteiger partial charge >= 0.3 is 5.97 Å². The summed E-state index contributed by atoms with van der Waals surface area (Å²) in [6, 6.07) is 17.9. The predicted octanol–water partition coefficient (Wildman–Crippen LogP) is 2.55. The van der Waals surface area contributed by atoms with E-state index in [-0.39, 0.29) is 19.1 Å². The fraction of sp³-hybridized carbons (Fsp3) is 0.263. The van der Waals surface area contributed by atoms with Crippen molar-refractivity contribution < 1.29 is 19.1 Å². The second-order valence-corrected chi connectivity index (χ2v) is 5.46. The van der Waals surface area contributed by atoms with Gasteiger partial charge in [-0.25, -0.2) is 4.79 Å². The first-order chi connectivity index (χ1) is 11.7. The summed E-state index contributed by atoms with van der Waals surface area (Å²) in [5.74, 6) is -0.672. The third-order valence-corrected chi connectivity index (χ3v) is 3.88. The summed E-state index contributed by atoms with van der Waals surface area (Å²) in [5, 5.41) is 0. The van der Waals surface area contributed by atoms with Crippen LogP contribution in [0.1, 0.15) is 12.5 Å². The molecule has 0 aromatic heterocycles. The van der Waals surface area contributed by atoms with Crippen LogP contribution in [-0.2, 0) is 25.7 Å². The highest BCUT2D eigenvalue weighted by Crippen LogP contribution is 2.31. The summed E-state index contributed by atoms with van der Waals surface area (Å²) >= 11 is 0. The van der Waals surface area contributed by atoms with Gasteiger partial charge < -0.3 is 9.47 Å². The van der Waals surface area contributed by atoms with Crippen molar-refractivity contribution in [1.82, 2.24) is 0 Å². The number of carbonyl (C=O) groups excluding carboxylic acids is 2. The Hall–Kier alpha value is -2.66. The maximum atomic E-state index is 12.5. The second kappa shape index (κ2) is 7.27. The number of β-lactam (4-membered cyclic amide) rings is 1. The average Bonchev–Trinajstić information content (AvgIpc) is 2.61. The van der Waals surface area contributed by atoms with Crippen LogP contribution in [0.2, 0.25) is 0 Å². The van der Waals surface area contributed by atoms with Gasteiger partial charge in [0.1, 0.15) is 0 Å². The number of hydrogen-bond acceptors (Lipinski definition) is 4. The molecule has 1 aliphatic heterocycles. The lowest BCUT2D eigenvalue weighted by Gasteiger charge is -2.44. The van der Waals surface area contributed by atoms with E-state index >= 15 is 0 Å². The van der Waals surface area contributed by atoms with Gasteiger partial charge in [0.2, 0.25) is 0 Å². The zero-order chi connectivity index (χ0) is 16.9. The van der Waals surface area contributed by atoms with Crippen molar-refractivity contribution in [3.63, 3.8) is 0 Å². The van der Waals surface area contributed by atoms with E-state index in [1.165, 1.54) is 4.90 Å². The second-order valence-electron chi connectivity index (χ2n) is 5.46. The van der Waals surface area contributed by atoms with Crippen LogP contribution in [0.5, 0.6) is 0 Å². The number of amides is 1. The standard InChI is InChI=1S/C19H19NO4/c1-2-23-19(22)16-17(24-13-14-9-5-3-6-10-14)18(21)20(16)15-11-7-4-8-12-15/h3-12,16-17H,2,13H2,1H3/t16-,17+/m1/s1. The Morgan fingerprint density at radius 1 is 1.04 bits per heavy atom. The Balaban J connectivity index is 1.75. The third-order valence-electron chi connectivity index (χ3n) is 3.88. The molecule has 0 N–H and O–H groups in total. The van der Waals surface area contributed by atoms with E-state index in [1.807, 2.05) is 48.5 Å². The molecule has 2 aromatic rings. The van der Waals surface area contributed by atoms with Crippen LogP contribution in [0.25, 0.3) is 0 Å². The quantitative estimate of drug-likeness (QED) is 0.605. The summed E-state index contributed by atoms with van der Waals surface area (Å²) in [5.41, 5.74) is 1.62. The van der Waals surface area contributed by atoms with E-state index < -0.39 is 18.1 Å². The highest BCUT2D eigenvalue weighted by atomic mass is 16.5. The van der Waals surface area contributed by atoms with Crippen molar-refractivity contribution in [3.8, 4) is 0 Å². The minimum atomic E-state index is -0.815. The molecule has 5 heteroatoms. The van der Waals surface area contributed by atoms with E-state index in [0.29, 0.717) is 5.69 Å². The summed E-state index contributed by atoms with van der Waals surface area (Å²) in [4.78, 5) is 26.2. The van der Waals surface area contributed by atoms with E-state index in [1.54, 1.807) is 19.1 Å². The molecule has 0 aliphatic carbocycles. The van der Waals surface area contributed by atoms with Crippen molar-refractivity contribution in [2.75, 3.05) is 11.5 Å². The Morgan fingerprint density at radius 3 is 2.29 bits per heavy atom. The molecule has 3 rings (SSSR count). The van der Waals surface area contributed by atoms with Gasteiger partial charge in [0.15, 0.2) is 12.1 Å². The first kappa shape index (κ1) is 16.2. The lowest BCUT2D eigenvalue weighted by atomic mass is 9.96. The van der Waals surface area contributed by atoms with Crippen LogP contribution in [0.4, 0.5) is 5.69 Å². The molecule has 1 saturated heterocycles.